The number of rotatable bonds is 4. The Hall–Kier alpha value is 0. The first-order valence-corrected chi connectivity index (χ1v) is 3.78. The number of carboxylic acids is 2. The van der Waals surface area contributed by atoms with Crippen LogP contribution in [0.4, 0.5) is 0 Å². The van der Waals surface area contributed by atoms with E-state index in [1.807, 2.05) is 0 Å². The van der Waals surface area contributed by atoms with E-state index in [2.05, 4.69) is 0 Å². The second kappa shape index (κ2) is 6.51. The largest absolute Gasteiger partial charge is 1.00 e. The molecule has 0 rings (SSSR count). The van der Waals surface area contributed by atoms with Crippen LogP contribution in [-0.4, -0.2) is 27.8 Å². The molecule has 0 amide bonds. The third-order valence-electron chi connectivity index (χ3n) is 0.908. The van der Waals surface area contributed by atoms with Gasteiger partial charge in [-0.2, -0.15) is 0 Å². The minimum Gasteiger partial charge on any atom is -1.00 e. The van der Waals surface area contributed by atoms with Gasteiger partial charge >= 0.3 is 49.5 Å². The predicted octanol–water partition coefficient (Wildman–Crippen LogP) is -3.87. The Morgan fingerprint density at radius 3 is 2.00 bits per heavy atom. The third kappa shape index (κ3) is 5.62. The second-order valence-electron chi connectivity index (χ2n) is 1.74. The average molecular weight is 204 g/mol. The summed E-state index contributed by atoms with van der Waals surface area (Å²) in [5.74, 6) is -3.08. The van der Waals surface area contributed by atoms with E-state index in [4.69, 9.17) is 10.2 Å². The van der Waals surface area contributed by atoms with Crippen molar-refractivity contribution in [2.24, 2.45) is 0 Å². The SMILES string of the molecule is O=C(O)CC(C(=O)O)[P+](=O)[O-].[H-].[Na+]. The van der Waals surface area contributed by atoms with Gasteiger partial charge in [0.15, 0.2) is 0 Å². The van der Waals surface area contributed by atoms with Gasteiger partial charge in [0, 0.05) is 0 Å². The van der Waals surface area contributed by atoms with E-state index in [1.54, 1.807) is 0 Å². The maximum absolute atomic E-state index is 10.1. The van der Waals surface area contributed by atoms with Gasteiger partial charge in [0.1, 0.15) is 6.42 Å². The van der Waals surface area contributed by atoms with Crippen LogP contribution >= 0.6 is 8.03 Å². The van der Waals surface area contributed by atoms with Gasteiger partial charge in [-0.15, -0.1) is 0 Å². The molecule has 0 bridgehead atoms. The molecule has 6 nitrogen and oxygen atoms in total. The molecule has 0 aliphatic carbocycles. The smallest absolute Gasteiger partial charge is 1.00 e. The molecule has 0 fully saturated rings. The first kappa shape index (κ1) is 14.5. The molecule has 0 saturated heterocycles. The van der Waals surface area contributed by atoms with Crippen LogP contribution in [0.15, 0.2) is 0 Å². The fraction of sp³-hybridized carbons (Fsp3) is 0.500. The van der Waals surface area contributed by atoms with Crippen molar-refractivity contribution in [3.8, 4) is 0 Å². The monoisotopic (exact) mass is 204 g/mol. The van der Waals surface area contributed by atoms with Crippen LogP contribution in [0.2, 0.25) is 0 Å². The van der Waals surface area contributed by atoms with E-state index >= 15 is 0 Å². The molecule has 64 valence electrons. The van der Waals surface area contributed by atoms with Crippen LogP contribution in [0.1, 0.15) is 7.85 Å². The van der Waals surface area contributed by atoms with Crippen molar-refractivity contribution >= 4 is 20.0 Å². The zero-order chi connectivity index (χ0) is 9.02. The second-order valence-corrected chi connectivity index (χ2v) is 2.93. The molecule has 0 spiro atoms. The van der Waals surface area contributed by atoms with E-state index in [0.29, 0.717) is 0 Å². The number of carboxylic acid groups (broad SMARTS) is 2. The average Bonchev–Trinajstić information content (AvgIpc) is 1.81. The molecule has 0 heterocycles. The van der Waals surface area contributed by atoms with Gasteiger partial charge < -0.3 is 16.5 Å². The van der Waals surface area contributed by atoms with Gasteiger partial charge in [-0.1, -0.05) is 4.57 Å². The molecule has 12 heavy (non-hydrogen) atoms. The maximum Gasteiger partial charge on any atom is 1.00 e. The van der Waals surface area contributed by atoms with E-state index in [-0.39, 0.29) is 31.0 Å². The Labute approximate surface area is 92.2 Å². The summed E-state index contributed by atoms with van der Waals surface area (Å²) in [7, 11) is -3.22. The fourth-order valence-electron chi connectivity index (χ4n) is 0.417. The summed E-state index contributed by atoms with van der Waals surface area (Å²) in [6, 6.07) is 0. The standard InChI is InChI=1S/C4H5O6P.Na.H/c5-3(6)1-2(4(7)8)11(9)10;;/h2H,1H2,(H,5,6)(H,7,8);;/q;+1;-1. The minimum atomic E-state index is -3.22. The summed E-state index contributed by atoms with van der Waals surface area (Å²) in [6.45, 7) is 0. The zero-order valence-corrected chi connectivity index (χ0v) is 9.15. The molecule has 0 aliphatic heterocycles. The normalized spacial score (nSPS) is 12.6. The molecule has 8 heteroatoms. The summed E-state index contributed by atoms with van der Waals surface area (Å²) in [5.41, 5.74) is -1.82. The molecule has 0 saturated carbocycles. The van der Waals surface area contributed by atoms with Crippen molar-refractivity contribution < 1.29 is 60.2 Å². The molecule has 2 atom stereocenters. The molecule has 0 radical (unpaired) electrons. The van der Waals surface area contributed by atoms with Crippen LogP contribution in [0.25, 0.3) is 0 Å². The van der Waals surface area contributed by atoms with Gasteiger partial charge in [0.25, 0.3) is 5.66 Å². The van der Waals surface area contributed by atoms with Gasteiger partial charge in [0.05, 0.1) is 0 Å². The topological polar surface area (TPSA) is 115 Å². The molecule has 0 aliphatic rings. The summed E-state index contributed by atoms with van der Waals surface area (Å²) < 4.78 is 10.1. The molecule has 0 aromatic rings. The third-order valence-corrected chi connectivity index (χ3v) is 1.82. The van der Waals surface area contributed by atoms with Gasteiger partial charge in [-0.3, -0.25) is 4.79 Å². The molecular weight excluding hydrogens is 198 g/mol. The number of aliphatic carboxylic acids is 2. The first-order valence-electron chi connectivity index (χ1n) is 2.53. The summed E-state index contributed by atoms with van der Waals surface area (Å²) in [4.78, 5) is 30.0. The minimum absolute atomic E-state index is 0. The van der Waals surface area contributed by atoms with Crippen molar-refractivity contribution in [2.45, 2.75) is 12.1 Å². The quantitative estimate of drug-likeness (QED) is 0.357. The van der Waals surface area contributed by atoms with Gasteiger partial charge in [0.2, 0.25) is 0 Å². The number of hydrogen-bond acceptors (Lipinski definition) is 4. The Bertz CT molecular complexity index is 195. The first-order chi connectivity index (χ1) is 4.95. The fourth-order valence-corrected chi connectivity index (χ4v) is 0.903. The van der Waals surface area contributed by atoms with Crippen molar-refractivity contribution in [1.82, 2.24) is 0 Å². The van der Waals surface area contributed by atoms with Crippen molar-refractivity contribution in [1.29, 1.82) is 0 Å². The predicted molar refractivity (Wildman–Crippen MR) is 32.4 cm³/mol. The van der Waals surface area contributed by atoms with Crippen LogP contribution in [-0.2, 0) is 14.2 Å². The Balaban J connectivity index is -0.000000500. The van der Waals surface area contributed by atoms with E-state index < -0.39 is 32.0 Å². The molecular formula is C4H6NaO6P. The summed E-state index contributed by atoms with van der Waals surface area (Å²) >= 11 is 0. The van der Waals surface area contributed by atoms with Crippen LogP contribution in [0.5, 0.6) is 0 Å². The van der Waals surface area contributed by atoms with E-state index in [9.17, 15) is 19.0 Å². The molecule has 0 aromatic heterocycles. The Kier molecular flexibility index (Phi) is 7.88. The van der Waals surface area contributed by atoms with Crippen molar-refractivity contribution in [3.63, 3.8) is 0 Å². The Morgan fingerprint density at radius 2 is 1.92 bits per heavy atom. The molecule has 2 unspecified atom stereocenters. The molecule has 0 aromatic carbocycles. The number of carbonyl (C=O) groups is 2. The van der Waals surface area contributed by atoms with E-state index in [1.165, 1.54) is 0 Å². The summed E-state index contributed by atoms with van der Waals surface area (Å²) in [6.07, 6.45) is -0.895. The van der Waals surface area contributed by atoms with Crippen LogP contribution in [0.3, 0.4) is 0 Å². The summed E-state index contributed by atoms with van der Waals surface area (Å²) in [5, 5.41) is 16.2. The van der Waals surface area contributed by atoms with Gasteiger partial charge in [-0.25, -0.2) is 4.79 Å². The van der Waals surface area contributed by atoms with Crippen LogP contribution < -0.4 is 34.5 Å². The maximum atomic E-state index is 10.1. The zero-order valence-electron chi connectivity index (χ0n) is 7.26. The van der Waals surface area contributed by atoms with E-state index in [0.717, 1.165) is 0 Å². The van der Waals surface area contributed by atoms with Crippen molar-refractivity contribution in [3.05, 3.63) is 0 Å². The van der Waals surface area contributed by atoms with Crippen molar-refractivity contribution in [2.75, 3.05) is 0 Å². The van der Waals surface area contributed by atoms with Gasteiger partial charge in [-0.05, 0) is 0 Å². The van der Waals surface area contributed by atoms with Crippen LogP contribution in [0, 0.1) is 0 Å². The molecule has 2 N–H and O–H groups in total. The Morgan fingerprint density at radius 1 is 1.50 bits per heavy atom. The number of hydrogen-bond donors (Lipinski definition) is 2.